The Labute approximate surface area is 169 Å². The van der Waals surface area contributed by atoms with Gasteiger partial charge in [-0.05, 0) is 29.8 Å². The summed E-state index contributed by atoms with van der Waals surface area (Å²) >= 11 is 12.1. The lowest BCUT2D eigenvalue weighted by atomic mass is 10.1. The smallest absolute Gasteiger partial charge is 0.310 e. The van der Waals surface area contributed by atoms with Gasteiger partial charge in [-0.25, -0.2) is 0 Å². The van der Waals surface area contributed by atoms with Crippen LogP contribution in [0.1, 0.15) is 11.1 Å². The van der Waals surface area contributed by atoms with Gasteiger partial charge in [0.25, 0.3) is 5.91 Å². The molecule has 0 radical (unpaired) electrons. The van der Waals surface area contributed by atoms with E-state index in [1.165, 1.54) is 4.90 Å². The highest BCUT2D eigenvalue weighted by molar-refractivity contribution is 6.36. The average molecular weight is 409 g/mol. The molecule has 0 bridgehead atoms. The van der Waals surface area contributed by atoms with E-state index in [1.807, 2.05) is 43.3 Å². The number of likely N-dealkylation sites (N-methyl/N-ethyl adjacent to an activating group) is 1. The minimum absolute atomic E-state index is 0.0818. The highest BCUT2D eigenvalue weighted by atomic mass is 35.5. The van der Waals surface area contributed by atoms with E-state index in [4.69, 9.17) is 27.9 Å². The van der Waals surface area contributed by atoms with E-state index in [1.54, 1.807) is 25.2 Å². The Morgan fingerprint density at radius 3 is 2.11 bits per heavy atom. The molecule has 0 fully saturated rings. The van der Waals surface area contributed by atoms with Gasteiger partial charge in [-0.15, -0.1) is 0 Å². The maximum atomic E-state index is 12.2. The third-order valence-electron chi connectivity index (χ3n) is 4.04. The van der Waals surface area contributed by atoms with Crippen molar-refractivity contribution in [1.82, 2.24) is 4.90 Å². The van der Waals surface area contributed by atoms with E-state index in [0.29, 0.717) is 22.2 Å². The molecular formula is C20H22Cl2N2O3. The van der Waals surface area contributed by atoms with Crippen molar-refractivity contribution in [2.45, 2.75) is 13.0 Å². The predicted octanol–water partition coefficient (Wildman–Crippen LogP) is 3.80. The van der Waals surface area contributed by atoms with Crippen molar-refractivity contribution >= 4 is 40.8 Å². The minimum atomic E-state index is -0.554. The second kappa shape index (κ2) is 9.62. The normalized spacial score (nSPS) is 10.4. The van der Waals surface area contributed by atoms with Gasteiger partial charge in [0, 0.05) is 49.0 Å². The molecule has 27 heavy (non-hydrogen) atoms. The third-order valence-corrected chi connectivity index (χ3v) is 4.75. The van der Waals surface area contributed by atoms with Crippen LogP contribution in [0, 0.1) is 0 Å². The quantitative estimate of drug-likeness (QED) is 0.653. The standard InChI is InChI=1S/C20H22Cl2N2O3/c1-23(2)15-9-7-14(8-10-15)12-24(3)19(25)13-27-20(26)11-16-17(21)5-4-6-18(16)22/h4-10H,11-13H2,1-3H3. The number of ether oxygens (including phenoxy) is 1. The first kappa shape index (κ1) is 21.1. The van der Waals surface area contributed by atoms with Crippen molar-refractivity contribution in [3.63, 3.8) is 0 Å². The van der Waals surface area contributed by atoms with Gasteiger partial charge < -0.3 is 14.5 Å². The number of benzene rings is 2. The molecule has 0 aliphatic heterocycles. The molecule has 0 saturated carbocycles. The predicted molar refractivity (Wildman–Crippen MR) is 108 cm³/mol. The molecule has 0 aliphatic carbocycles. The zero-order chi connectivity index (χ0) is 20.0. The van der Waals surface area contributed by atoms with Gasteiger partial charge >= 0.3 is 5.97 Å². The van der Waals surface area contributed by atoms with Crippen LogP contribution in [-0.4, -0.2) is 44.5 Å². The van der Waals surface area contributed by atoms with Crippen LogP contribution in [0.2, 0.25) is 10.0 Å². The topological polar surface area (TPSA) is 49.9 Å². The Kier molecular flexibility index (Phi) is 7.51. The Bertz CT molecular complexity index is 787. The first-order chi connectivity index (χ1) is 12.8. The lowest BCUT2D eigenvalue weighted by Gasteiger charge is -2.18. The highest BCUT2D eigenvalue weighted by Crippen LogP contribution is 2.24. The van der Waals surface area contributed by atoms with Gasteiger partial charge in [-0.2, -0.15) is 0 Å². The van der Waals surface area contributed by atoms with Crippen LogP contribution in [0.15, 0.2) is 42.5 Å². The van der Waals surface area contributed by atoms with Crippen molar-refractivity contribution in [2.24, 2.45) is 0 Å². The second-order valence-electron chi connectivity index (χ2n) is 6.35. The second-order valence-corrected chi connectivity index (χ2v) is 7.16. The molecule has 0 spiro atoms. The maximum Gasteiger partial charge on any atom is 0.310 e. The number of hydrogen-bond acceptors (Lipinski definition) is 4. The van der Waals surface area contributed by atoms with Crippen LogP contribution in [0.4, 0.5) is 5.69 Å². The lowest BCUT2D eigenvalue weighted by Crippen LogP contribution is -2.31. The fraction of sp³-hybridized carbons (Fsp3) is 0.300. The fourth-order valence-corrected chi connectivity index (χ4v) is 2.94. The largest absolute Gasteiger partial charge is 0.455 e. The zero-order valence-corrected chi connectivity index (χ0v) is 17.0. The van der Waals surface area contributed by atoms with Crippen LogP contribution >= 0.6 is 23.2 Å². The number of hydrogen-bond donors (Lipinski definition) is 0. The summed E-state index contributed by atoms with van der Waals surface area (Å²) in [6, 6.07) is 12.9. The Balaban J connectivity index is 1.84. The summed E-state index contributed by atoms with van der Waals surface area (Å²) in [7, 11) is 5.60. The molecule has 2 rings (SSSR count). The number of esters is 1. The number of amides is 1. The van der Waals surface area contributed by atoms with E-state index in [9.17, 15) is 9.59 Å². The van der Waals surface area contributed by atoms with Crippen LogP contribution < -0.4 is 4.90 Å². The van der Waals surface area contributed by atoms with E-state index in [2.05, 4.69) is 0 Å². The summed E-state index contributed by atoms with van der Waals surface area (Å²) in [6.45, 7) is 0.105. The number of rotatable bonds is 7. The number of nitrogens with zero attached hydrogens (tertiary/aromatic N) is 2. The van der Waals surface area contributed by atoms with Gasteiger partial charge in [0.15, 0.2) is 6.61 Å². The molecule has 0 N–H and O–H groups in total. The molecule has 2 aromatic rings. The summed E-state index contributed by atoms with van der Waals surface area (Å²) in [4.78, 5) is 27.7. The molecule has 144 valence electrons. The fourth-order valence-electron chi connectivity index (χ4n) is 2.41. The Morgan fingerprint density at radius 1 is 0.963 bits per heavy atom. The minimum Gasteiger partial charge on any atom is -0.455 e. The molecule has 0 saturated heterocycles. The summed E-state index contributed by atoms with van der Waals surface area (Å²) in [5.41, 5.74) is 2.57. The Hall–Kier alpha value is -2.24. The molecule has 0 heterocycles. The zero-order valence-electron chi connectivity index (χ0n) is 15.5. The van der Waals surface area contributed by atoms with Crippen molar-refractivity contribution in [2.75, 3.05) is 32.6 Å². The van der Waals surface area contributed by atoms with E-state index >= 15 is 0 Å². The molecule has 0 unspecified atom stereocenters. The molecule has 2 aromatic carbocycles. The summed E-state index contributed by atoms with van der Waals surface area (Å²) in [5.74, 6) is -0.840. The maximum absolute atomic E-state index is 12.2. The SMILES string of the molecule is CN(Cc1ccc(N(C)C)cc1)C(=O)COC(=O)Cc1c(Cl)cccc1Cl. The van der Waals surface area contributed by atoms with Crippen LogP contribution in [0.25, 0.3) is 0 Å². The first-order valence-electron chi connectivity index (χ1n) is 8.36. The van der Waals surface area contributed by atoms with Gasteiger partial charge in [0.2, 0.25) is 0 Å². The van der Waals surface area contributed by atoms with Gasteiger partial charge in [0.1, 0.15) is 0 Å². The molecular weight excluding hydrogens is 387 g/mol. The summed E-state index contributed by atoms with van der Waals surface area (Å²) in [5, 5.41) is 0.785. The first-order valence-corrected chi connectivity index (χ1v) is 9.12. The van der Waals surface area contributed by atoms with E-state index < -0.39 is 5.97 Å². The summed E-state index contributed by atoms with van der Waals surface area (Å²) < 4.78 is 5.07. The van der Waals surface area contributed by atoms with Crippen LogP contribution in [0.3, 0.4) is 0 Å². The van der Waals surface area contributed by atoms with Crippen molar-refractivity contribution in [1.29, 1.82) is 0 Å². The van der Waals surface area contributed by atoms with Gasteiger partial charge in [-0.1, -0.05) is 41.4 Å². The molecule has 0 aliphatic rings. The van der Waals surface area contributed by atoms with Gasteiger partial charge in [-0.3, -0.25) is 9.59 Å². The number of carbonyl (C=O) groups is 2. The number of halogens is 2. The van der Waals surface area contributed by atoms with Crippen molar-refractivity contribution in [3.8, 4) is 0 Å². The molecule has 7 heteroatoms. The highest BCUT2D eigenvalue weighted by Gasteiger charge is 2.15. The average Bonchev–Trinajstić information content (AvgIpc) is 2.63. The van der Waals surface area contributed by atoms with Crippen molar-refractivity contribution in [3.05, 3.63) is 63.6 Å². The molecule has 5 nitrogen and oxygen atoms in total. The lowest BCUT2D eigenvalue weighted by molar-refractivity contribution is -0.151. The van der Waals surface area contributed by atoms with Crippen LogP contribution in [-0.2, 0) is 27.3 Å². The summed E-state index contributed by atoms with van der Waals surface area (Å²) in [6.07, 6.45) is -0.0818. The molecule has 0 atom stereocenters. The molecule has 0 aromatic heterocycles. The number of anilines is 1. The van der Waals surface area contributed by atoms with Crippen molar-refractivity contribution < 1.29 is 14.3 Å². The Morgan fingerprint density at radius 2 is 1.56 bits per heavy atom. The van der Waals surface area contributed by atoms with Gasteiger partial charge in [0.05, 0.1) is 6.42 Å². The number of carbonyl (C=O) groups excluding carboxylic acids is 2. The van der Waals surface area contributed by atoms with E-state index in [0.717, 1.165) is 11.3 Å². The third kappa shape index (κ3) is 6.15. The molecule has 1 amide bonds. The van der Waals surface area contributed by atoms with E-state index in [-0.39, 0.29) is 18.9 Å². The van der Waals surface area contributed by atoms with Crippen LogP contribution in [0.5, 0.6) is 0 Å². The monoisotopic (exact) mass is 408 g/mol.